The molecule has 112 valence electrons. The summed E-state index contributed by atoms with van der Waals surface area (Å²) in [6.45, 7) is 4.95. The van der Waals surface area contributed by atoms with Gasteiger partial charge in [0.05, 0.1) is 18.0 Å². The van der Waals surface area contributed by atoms with Crippen LogP contribution in [-0.2, 0) is 6.54 Å². The van der Waals surface area contributed by atoms with Gasteiger partial charge >= 0.3 is 0 Å². The van der Waals surface area contributed by atoms with Crippen molar-refractivity contribution in [3.05, 3.63) is 47.5 Å². The van der Waals surface area contributed by atoms with Crippen molar-refractivity contribution in [2.45, 2.75) is 26.8 Å². The smallest absolute Gasteiger partial charge is 0.167 e. The molecule has 2 aromatic rings. The van der Waals surface area contributed by atoms with Gasteiger partial charge in [-0.15, -0.1) is 0 Å². The van der Waals surface area contributed by atoms with Gasteiger partial charge in [-0.05, 0) is 25.0 Å². The number of ether oxygens (including phenoxy) is 1. The van der Waals surface area contributed by atoms with Crippen molar-refractivity contribution in [3.63, 3.8) is 0 Å². The van der Waals surface area contributed by atoms with Gasteiger partial charge in [-0.1, -0.05) is 13.0 Å². The molecule has 0 aliphatic heterocycles. The number of nitrogens with zero attached hydrogens (tertiary/aromatic N) is 1. The third-order valence-corrected chi connectivity index (χ3v) is 3.02. The molecule has 1 aromatic heterocycles. The monoisotopic (exact) mass is 289 g/mol. The fourth-order valence-electron chi connectivity index (χ4n) is 1.84. The van der Waals surface area contributed by atoms with Gasteiger partial charge in [-0.2, -0.15) is 0 Å². The molecule has 0 bridgehead atoms. The van der Waals surface area contributed by atoms with Crippen LogP contribution in [0.3, 0.4) is 0 Å². The molecule has 0 spiro atoms. The molecule has 0 unspecified atom stereocenters. The van der Waals surface area contributed by atoms with E-state index in [4.69, 9.17) is 10.5 Å². The highest BCUT2D eigenvalue weighted by molar-refractivity contribution is 5.68. The van der Waals surface area contributed by atoms with Crippen LogP contribution in [0, 0.1) is 12.7 Å². The molecule has 0 amide bonds. The number of aryl methyl sites for hydroxylation is 1. The van der Waals surface area contributed by atoms with Crippen molar-refractivity contribution >= 4 is 11.4 Å². The van der Waals surface area contributed by atoms with E-state index in [2.05, 4.69) is 10.3 Å². The summed E-state index contributed by atoms with van der Waals surface area (Å²) in [5.41, 5.74) is 8.84. The van der Waals surface area contributed by atoms with E-state index in [1.165, 1.54) is 6.07 Å². The highest BCUT2D eigenvalue weighted by Gasteiger charge is 2.09. The summed E-state index contributed by atoms with van der Waals surface area (Å²) in [7, 11) is 0. The summed E-state index contributed by atoms with van der Waals surface area (Å²) < 4.78 is 19.1. The second kappa shape index (κ2) is 6.92. The lowest BCUT2D eigenvalue weighted by atomic mass is 10.2. The van der Waals surface area contributed by atoms with Gasteiger partial charge in [-0.25, -0.2) is 4.39 Å². The highest BCUT2D eigenvalue weighted by Crippen LogP contribution is 2.28. The number of pyridine rings is 1. The molecule has 0 saturated carbocycles. The molecule has 0 atom stereocenters. The number of anilines is 2. The summed E-state index contributed by atoms with van der Waals surface area (Å²) in [5.74, 6) is -0.223. The van der Waals surface area contributed by atoms with Crippen LogP contribution < -0.4 is 15.8 Å². The Kier molecular flexibility index (Phi) is 4.98. The van der Waals surface area contributed by atoms with E-state index in [-0.39, 0.29) is 5.75 Å². The van der Waals surface area contributed by atoms with Crippen LogP contribution in [0.5, 0.6) is 5.75 Å². The molecule has 0 aliphatic rings. The standard InChI is InChI=1S/C16H20FN3O/c1-3-6-21-16-8-15(14(18)7-13(16)17)20-10-12-5-4-11(2)19-9-12/h4-5,7-9,20H,3,6,10,18H2,1-2H3. The predicted octanol–water partition coefficient (Wildman–Crippen LogP) is 3.51. The van der Waals surface area contributed by atoms with Crippen LogP contribution in [0.4, 0.5) is 15.8 Å². The van der Waals surface area contributed by atoms with Crippen molar-refractivity contribution < 1.29 is 9.13 Å². The van der Waals surface area contributed by atoms with Crippen LogP contribution in [0.2, 0.25) is 0 Å². The molecule has 1 heterocycles. The zero-order chi connectivity index (χ0) is 15.2. The minimum atomic E-state index is -0.441. The molecule has 0 radical (unpaired) electrons. The lowest BCUT2D eigenvalue weighted by Crippen LogP contribution is -2.05. The number of nitrogens with one attached hydrogen (secondary N) is 1. The largest absolute Gasteiger partial charge is 0.490 e. The molecular formula is C16H20FN3O. The number of halogens is 1. The van der Waals surface area contributed by atoms with Crippen molar-refractivity contribution in [1.82, 2.24) is 4.98 Å². The average molecular weight is 289 g/mol. The van der Waals surface area contributed by atoms with Gasteiger partial charge in [-0.3, -0.25) is 4.98 Å². The van der Waals surface area contributed by atoms with Gasteiger partial charge in [0.25, 0.3) is 0 Å². The van der Waals surface area contributed by atoms with Crippen LogP contribution >= 0.6 is 0 Å². The molecule has 0 saturated heterocycles. The molecule has 1 aromatic carbocycles. The predicted molar refractivity (Wildman–Crippen MR) is 82.9 cm³/mol. The van der Waals surface area contributed by atoms with E-state index < -0.39 is 5.82 Å². The fraction of sp³-hybridized carbons (Fsp3) is 0.312. The minimum absolute atomic E-state index is 0.218. The second-order valence-corrected chi connectivity index (χ2v) is 4.88. The Labute approximate surface area is 124 Å². The van der Waals surface area contributed by atoms with Crippen molar-refractivity contribution in [2.24, 2.45) is 0 Å². The zero-order valence-electron chi connectivity index (χ0n) is 12.3. The first-order chi connectivity index (χ1) is 10.1. The highest BCUT2D eigenvalue weighted by atomic mass is 19.1. The van der Waals surface area contributed by atoms with Gasteiger partial charge in [0.1, 0.15) is 0 Å². The number of nitrogen functional groups attached to an aromatic ring is 1. The van der Waals surface area contributed by atoms with Gasteiger partial charge in [0, 0.05) is 30.6 Å². The summed E-state index contributed by atoms with van der Waals surface area (Å²) in [4.78, 5) is 4.23. The number of rotatable bonds is 6. The molecular weight excluding hydrogens is 269 g/mol. The van der Waals surface area contributed by atoms with Crippen LogP contribution in [-0.4, -0.2) is 11.6 Å². The number of hydrogen-bond acceptors (Lipinski definition) is 4. The maximum absolute atomic E-state index is 13.7. The summed E-state index contributed by atoms with van der Waals surface area (Å²) in [6.07, 6.45) is 2.62. The molecule has 0 aliphatic carbocycles. The Morgan fingerprint density at radius 2 is 2.14 bits per heavy atom. The lowest BCUT2D eigenvalue weighted by Gasteiger charge is -2.13. The zero-order valence-corrected chi connectivity index (χ0v) is 12.3. The Bertz CT molecular complexity index is 599. The third-order valence-electron chi connectivity index (χ3n) is 3.02. The normalized spacial score (nSPS) is 10.4. The number of aromatic nitrogens is 1. The topological polar surface area (TPSA) is 60.2 Å². The Hall–Kier alpha value is -2.30. The van der Waals surface area contributed by atoms with Gasteiger partial charge < -0.3 is 15.8 Å². The molecule has 21 heavy (non-hydrogen) atoms. The van der Waals surface area contributed by atoms with Crippen molar-refractivity contribution in [1.29, 1.82) is 0 Å². The summed E-state index contributed by atoms with van der Waals surface area (Å²) in [6, 6.07) is 6.81. The Morgan fingerprint density at radius 1 is 1.33 bits per heavy atom. The van der Waals surface area contributed by atoms with Crippen LogP contribution in [0.25, 0.3) is 0 Å². The van der Waals surface area contributed by atoms with E-state index in [1.54, 1.807) is 12.3 Å². The Balaban J connectivity index is 2.09. The first-order valence-electron chi connectivity index (χ1n) is 6.97. The van der Waals surface area contributed by atoms with E-state index in [0.717, 1.165) is 17.7 Å². The maximum Gasteiger partial charge on any atom is 0.167 e. The van der Waals surface area contributed by atoms with Gasteiger partial charge in [0.2, 0.25) is 0 Å². The van der Waals surface area contributed by atoms with E-state index in [0.29, 0.717) is 24.5 Å². The SMILES string of the molecule is CCCOc1cc(NCc2ccc(C)nc2)c(N)cc1F. The fourth-order valence-corrected chi connectivity index (χ4v) is 1.84. The Morgan fingerprint density at radius 3 is 2.81 bits per heavy atom. The molecule has 2 rings (SSSR count). The molecule has 0 fully saturated rings. The van der Waals surface area contributed by atoms with Crippen molar-refractivity contribution in [3.8, 4) is 5.75 Å². The third kappa shape index (κ3) is 4.08. The first-order valence-corrected chi connectivity index (χ1v) is 6.97. The number of hydrogen-bond donors (Lipinski definition) is 2. The van der Waals surface area contributed by atoms with E-state index >= 15 is 0 Å². The van der Waals surface area contributed by atoms with Crippen LogP contribution in [0.15, 0.2) is 30.5 Å². The molecule has 5 heteroatoms. The van der Waals surface area contributed by atoms with Crippen molar-refractivity contribution in [2.75, 3.05) is 17.7 Å². The maximum atomic E-state index is 13.7. The van der Waals surface area contributed by atoms with E-state index in [1.807, 2.05) is 26.0 Å². The number of nitrogens with two attached hydrogens (primary N) is 1. The molecule has 4 nitrogen and oxygen atoms in total. The van der Waals surface area contributed by atoms with Crippen LogP contribution in [0.1, 0.15) is 24.6 Å². The number of benzene rings is 1. The molecule has 3 N–H and O–H groups in total. The second-order valence-electron chi connectivity index (χ2n) is 4.88. The average Bonchev–Trinajstić information content (AvgIpc) is 2.47. The quantitative estimate of drug-likeness (QED) is 0.799. The van der Waals surface area contributed by atoms with Gasteiger partial charge in [0.15, 0.2) is 11.6 Å². The first kappa shape index (κ1) is 15.1. The minimum Gasteiger partial charge on any atom is -0.490 e. The lowest BCUT2D eigenvalue weighted by molar-refractivity contribution is 0.301. The summed E-state index contributed by atoms with van der Waals surface area (Å²) >= 11 is 0. The summed E-state index contributed by atoms with van der Waals surface area (Å²) in [5, 5.41) is 3.18. The van der Waals surface area contributed by atoms with E-state index in [9.17, 15) is 4.39 Å².